The normalized spacial score (nSPS) is 14.1. The molecule has 150 valence electrons. The van der Waals surface area contributed by atoms with E-state index < -0.39 is 0 Å². The summed E-state index contributed by atoms with van der Waals surface area (Å²) in [7, 11) is 0. The number of furan rings is 1. The molecule has 2 aromatic heterocycles. The van der Waals surface area contributed by atoms with Crippen molar-refractivity contribution in [2.75, 3.05) is 29.9 Å². The standard InChI is InChI=1S/C21H21N3O3S2/c1-13-12-15(21(26)24-7-10-28-11-8-24)5-6-16(13)22-19(25)18-14(2)29-20(23-18)17-4-3-9-27-17/h3-6,9,12H,7-8,10-11H2,1-2H3,(H,22,25). The van der Waals surface area contributed by atoms with E-state index in [-0.39, 0.29) is 11.8 Å². The Hall–Kier alpha value is -2.58. The zero-order chi connectivity index (χ0) is 20.4. The van der Waals surface area contributed by atoms with Crippen LogP contribution in [-0.2, 0) is 0 Å². The Morgan fingerprint density at radius 2 is 1.97 bits per heavy atom. The molecule has 6 nitrogen and oxygen atoms in total. The van der Waals surface area contributed by atoms with Crippen LogP contribution in [-0.4, -0.2) is 46.3 Å². The van der Waals surface area contributed by atoms with E-state index in [0.29, 0.717) is 27.7 Å². The number of aryl methyl sites for hydroxylation is 2. The summed E-state index contributed by atoms with van der Waals surface area (Å²) in [5.41, 5.74) is 2.55. The number of thioether (sulfide) groups is 1. The maximum absolute atomic E-state index is 12.8. The Morgan fingerprint density at radius 3 is 2.66 bits per heavy atom. The van der Waals surface area contributed by atoms with Gasteiger partial charge in [0.25, 0.3) is 11.8 Å². The van der Waals surface area contributed by atoms with Crippen molar-refractivity contribution < 1.29 is 14.0 Å². The highest BCUT2D eigenvalue weighted by atomic mass is 32.2. The lowest BCUT2D eigenvalue weighted by molar-refractivity contribution is 0.0772. The second-order valence-electron chi connectivity index (χ2n) is 6.79. The van der Waals surface area contributed by atoms with Crippen LogP contribution in [0.3, 0.4) is 0 Å². The molecule has 0 spiro atoms. The van der Waals surface area contributed by atoms with Crippen molar-refractivity contribution in [2.45, 2.75) is 13.8 Å². The van der Waals surface area contributed by atoms with Gasteiger partial charge in [-0.05, 0) is 49.7 Å². The smallest absolute Gasteiger partial charge is 0.275 e. The molecule has 29 heavy (non-hydrogen) atoms. The number of carbonyl (C=O) groups excluding carboxylic acids is 2. The van der Waals surface area contributed by atoms with Crippen molar-refractivity contribution in [3.05, 3.63) is 58.3 Å². The highest BCUT2D eigenvalue weighted by Gasteiger charge is 2.21. The summed E-state index contributed by atoms with van der Waals surface area (Å²) in [6, 6.07) is 9.01. The average Bonchev–Trinajstić information content (AvgIpc) is 3.39. The maximum Gasteiger partial charge on any atom is 0.275 e. The third kappa shape index (κ3) is 4.23. The molecule has 0 aliphatic carbocycles. The minimum absolute atomic E-state index is 0.0460. The van der Waals surface area contributed by atoms with Gasteiger partial charge >= 0.3 is 0 Å². The summed E-state index contributed by atoms with van der Waals surface area (Å²) in [5.74, 6) is 2.38. The van der Waals surface area contributed by atoms with Crippen LogP contribution in [0.15, 0.2) is 41.0 Å². The molecule has 3 aromatic rings. The lowest BCUT2D eigenvalue weighted by Gasteiger charge is -2.26. The van der Waals surface area contributed by atoms with Gasteiger partial charge < -0.3 is 14.6 Å². The largest absolute Gasteiger partial charge is 0.462 e. The zero-order valence-corrected chi connectivity index (χ0v) is 17.9. The Labute approximate surface area is 177 Å². The van der Waals surface area contributed by atoms with Crippen LogP contribution in [0.2, 0.25) is 0 Å². The number of nitrogens with one attached hydrogen (secondary N) is 1. The predicted octanol–water partition coefficient (Wildman–Crippen LogP) is 4.46. The first-order valence-electron chi connectivity index (χ1n) is 9.33. The number of rotatable bonds is 4. The summed E-state index contributed by atoms with van der Waals surface area (Å²) in [4.78, 5) is 32.6. The molecule has 8 heteroatoms. The quantitative estimate of drug-likeness (QED) is 0.665. The summed E-state index contributed by atoms with van der Waals surface area (Å²) in [6.07, 6.45) is 1.58. The van der Waals surface area contributed by atoms with Crippen LogP contribution >= 0.6 is 23.1 Å². The monoisotopic (exact) mass is 427 g/mol. The minimum Gasteiger partial charge on any atom is -0.462 e. The molecule has 1 saturated heterocycles. The van der Waals surface area contributed by atoms with Crippen molar-refractivity contribution in [3.63, 3.8) is 0 Å². The van der Waals surface area contributed by atoms with Crippen molar-refractivity contribution in [1.29, 1.82) is 0 Å². The third-order valence-corrected chi connectivity index (χ3v) is 6.69. The number of aromatic nitrogens is 1. The fourth-order valence-electron chi connectivity index (χ4n) is 3.18. The van der Waals surface area contributed by atoms with E-state index in [1.54, 1.807) is 24.5 Å². The molecule has 0 radical (unpaired) electrons. The van der Waals surface area contributed by atoms with Crippen molar-refractivity contribution in [3.8, 4) is 10.8 Å². The zero-order valence-electron chi connectivity index (χ0n) is 16.2. The van der Waals surface area contributed by atoms with Crippen molar-refractivity contribution >= 4 is 40.6 Å². The predicted molar refractivity (Wildman–Crippen MR) is 117 cm³/mol. The van der Waals surface area contributed by atoms with E-state index >= 15 is 0 Å². The first-order valence-corrected chi connectivity index (χ1v) is 11.3. The van der Waals surface area contributed by atoms with E-state index in [9.17, 15) is 9.59 Å². The summed E-state index contributed by atoms with van der Waals surface area (Å²) >= 11 is 3.29. The number of nitrogens with zero attached hydrogens (tertiary/aromatic N) is 2. The van der Waals surface area contributed by atoms with Crippen molar-refractivity contribution in [1.82, 2.24) is 9.88 Å². The van der Waals surface area contributed by atoms with Crippen LogP contribution in [0.4, 0.5) is 5.69 Å². The second kappa shape index (κ2) is 8.42. The van der Waals surface area contributed by atoms with Crippen LogP contribution in [0.1, 0.15) is 31.3 Å². The van der Waals surface area contributed by atoms with E-state index in [1.807, 2.05) is 42.6 Å². The molecular weight excluding hydrogens is 406 g/mol. The fraction of sp³-hybridized carbons (Fsp3) is 0.286. The highest BCUT2D eigenvalue weighted by molar-refractivity contribution is 7.99. The van der Waals surface area contributed by atoms with Crippen LogP contribution in [0, 0.1) is 13.8 Å². The third-order valence-electron chi connectivity index (χ3n) is 4.76. The first kappa shape index (κ1) is 19.7. The summed E-state index contributed by atoms with van der Waals surface area (Å²) in [6.45, 7) is 5.31. The molecule has 3 heterocycles. The maximum atomic E-state index is 12.8. The summed E-state index contributed by atoms with van der Waals surface area (Å²) < 4.78 is 5.37. The molecule has 1 fully saturated rings. The Bertz CT molecular complexity index is 1040. The van der Waals surface area contributed by atoms with Crippen molar-refractivity contribution in [2.24, 2.45) is 0 Å². The molecule has 1 aliphatic rings. The van der Waals surface area contributed by atoms with E-state index in [1.165, 1.54) is 11.3 Å². The van der Waals surface area contributed by atoms with Gasteiger partial charge in [-0.2, -0.15) is 11.8 Å². The number of carbonyl (C=O) groups is 2. The molecule has 1 aromatic carbocycles. The van der Waals surface area contributed by atoms with Crippen LogP contribution in [0.25, 0.3) is 10.8 Å². The van der Waals surface area contributed by atoms with Crippen LogP contribution in [0.5, 0.6) is 0 Å². The fourth-order valence-corrected chi connectivity index (χ4v) is 4.96. The van der Waals surface area contributed by atoms with Gasteiger partial charge in [0.2, 0.25) is 0 Å². The molecule has 1 N–H and O–H groups in total. The van der Waals surface area contributed by atoms with Gasteiger partial charge in [-0.25, -0.2) is 4.98 Å². The molecule has 0 atom stereocenters. The minimum atomic E-state index is -0.271. The summed E-state index contributed by atoms with van der Waals surface area (Å²) in [5, 5.41) is 3.59. The van der Waals surface area contributed by atoms with Gasteiger partial charge in [-0.1, -0.05) is 0 Å². The molecule has 2 amide bonds. The number of hydrogen-bond acceptors (Lipinski definition) is 6. The number of hydrogen-bond donors (Lipinski definition) is 1. The van der Waals surface area contributed by atoms with Gasteiger partial charge in [0.05, 0.1) is 6.26 Å². The van der Waals surface area contributed by atoms with E-state index in [2.05, 4.69) is 10.3 Å². The van der Waals surface area contributed by atoms with E-state index in [0.717, 1.165) is 35.0 Å². The number of thiazole rings is 1. The molecular formula is C21H21N3O3S2. The number of anilines is 1. The molecule has 4 rings (SSSR count). The van der Waals surface area contributed by atoms with E-state index in [4.69, 9.17) is 4.42 Å². The molecule has 0 saturated carbocycles. The first-order chi connectivity index (χ1) is 14.0. The lowest BCUT2D eigenvalue weighted by Crippen LogP contribution is -2.37. The SMILES string of the molecule is Cc1cc(C(=O)N2CCSCC2)ccc1NC(=O)c1nc(-c2ccco2)sc1C. The highest BCUT2D eigenvalue weighted by Crippen LogP contribution is 2.29. The van der Waals surface area contributed by atoms with Crippen LogP contribution < -0.4 is 5.32 Å². The van der Waals surface area contributed by atoms with Gasteiger partial charge in [0.15, 0.2) is 10.8 Å². The van der Waals surface area contributed by atoms with Gasteiger partial charge in [0, 0.05) is 40.7 Å². The van der Waals surface area contributed by atoms with Gasteiger partial charge in [0.1, 0.15) is 5.69 Å². The van der Waals surface area contributed by atoms with Gasteiger partial charge in [-0.15, -0.1) is 11.3 Å². The Balaban J connectivity index is 1.49. The average molecular weight is 428 g/mol. The number of amides is 2. The topological polar surface area (TPSA) is 75.4 Å². The van der Waals surface area contributed by atoms with Gasteiger partial charge in [-0.3, -0.25) is 9.59 Å². The molecule has 0 bridgehead atoms. The molecule has 0 unspecified atom stereocenters. The Morgan fingerprint density at radius 1 is 1.17 bits per heavy atom. The lowest BCUT2D eigenvalue weighted by atomic mass is 10.1. The Kier molecular flexibility index (Phi) is 5.73. The second-order valence-corrected chi connectivity index (χ2v) is 9.22. The molecule has 1 aliphatic heterocycles. The number of benzene rings is 1.